The van der Waals surface area contributed by atoms with Crippen molar-refractivity contribution in [3.05, 3.63) is 40.1 Å². The van der Waals surface area contributed by atoms with Crippen LogP contribution in [0.3, 0.4) is 0 Å². The zero-order valence-electron chi connectivity index (χ0n) is 10.5. The summed E-state index contributed by atoms with van der Waals surface area (Å²) in [6.07, 6.45) is 4.47. The predicted molar refractivity (Wildman–Crippen MR) is 71.3 cm³/mol. The minimum absolute atomic E-state index is 0.0268. The Kier molecular flexibility index (Phi) is 4.46. The summed E-state index contributed by atoms with van der Waals surface area (Å²) in [5.41, 5.74) is 0. The summed E-state index contributed by atoms with van der Waals surface area (Å²) in [5, 5.41) is 0. The van der Waals surface area contributed by atoms with Gasteiger partial charge in [0, 0.05) is 30.1 Å². The van der Waals surface area contributed by atoms with Crippen LogP contribution in [0.15, 0.2) is 24.5 Å². The first-order chi connectivity index (χ1) is 9.19. The zero-order chi connectivity index (χ0) is 13.7. The molecule has 2 heterocycles. The van der Waals surface area contributed by atoms with Gasteiger partial charge in [-0.3, -0.25) is 9.59 Å². The van der Waals surface area contributed by atoms with Crippen LogP contribution in [0.25, 0.3) is 0 Å². The molecule has 1 N–H and O–H groups in total. The molecule has 0 saturated heterocycles. The Bertz CT molecular complexity index is 560. The van der Waals surface area contributed by atoms with Gasteiger partial charge in [0.2, 0.25) is 0 Å². The molecule has 0 aliphatic heterocycles. The Morgan fingerprint density at radius 1 is 1.37 bits per heavy atom. The van der Waals surface area contributed by atoms with Gasteiger partial charge in [0.1, 0.15) is 5.82 Å². The number of imidazole rings is 1. The maximum atomic E-state index is 11.9. The number of ether oxygens (including phenoxy) is 1. The number of hydrogen-bond acceptors (Lipinski definition) is 5. The number of esters is 1. The van der Waals surface area contributed by atoms with E-state index < -0.39 is 0 Å². The van der Waals surface area contributed by atoms with Crippen molar-refractivity contribution in [3.63, 3.8) is 0 Å². The third-order valence-electron chi connectivity index (χ3n) is 2.62. The Balaban J connectivity index is 1.93. The molecule has 2 aromatic heterocycles. The van der Waals surface area contributed by atoms with E-state index in [1.807, 2.05) is 6.07 Å². The first kappa shape index (κ1) is 13.5. The lowest BCUT2D eigenvalue weighted by molar-refractivity contribution is -0.140. The molecule has 0 atom stereocenters. The molecule has 0 unspecified atom stereocenters. The molecule has 0 amide bonds. The van der Waals surface area contributed by atoms with Crippen LogP contribution in [-0.4, -0.2) is 28.8 Å². The van der Waals surface area contributed by atoms with Gasteiger partial charge in [-0.25, -0.2) is 4.98 Å². The Morgan fingerprint density at radius 3 is 2.89 bits per heavy atom. The lowest BCUT2D eigenvalue weighted by Gasteiger charge is -1.97. The number of hydrogen-bond donors (Lipinski definition) is 1. The van der Waals surface area contributed by atoms with Crippen molar-refractivity contribution in [2.45, 2.75) is 19.3 Å². The monoisotopic (exact) mass is 278 g/mol. The van der Waals surface area contributed by atoms with Crippen molar-refractivity contribution in [2.75, 3.05) is 7.11 Å². The smallest absolute Gasteiger partial charge is 0.305 e. The van der Waals surface area contributed by atoms with Crippen LogP contribution in [0, 0.1) is 0 Å². The van der Waals surface area contributed by atoms with Gasteiger partial charge in [-0.05, 0) is 12.1 Å². The number of methoxy groups -OCH3 is 1. The Labute approximate surface area is 114 Å². The molecule has 2 aromatic rings. The number of rotatable bonds is 6. The second kappa shape index (κ2) is 6.29. The van der Waals surface area contributed by atoms with Crippen LogP contribution in [0.2, 0.25) is 0 Å². The third-order valence-corrected chi connectivity index (χ3v) is 3.74. The minimum Gasteiger partial charge on any atom is -0.469 e. The van der Waals surface area contributed by atoms with Gasteiger partial charge in [0.25, 0.3) is 0 Å². The van der Waals surface area contributed by atoms with E-state index in [2.05, 4.69) is 14.7 Å². The first-order valence-corrected chi connectivity index (χ1v) is 6.67. The molecule has 6 heteroatoms. The summed E-state index contributed by atoms with van der Waals surface area (Å²) < 4.78 is 4.51. The normalized spacial score (nSPS) is 10.4. The maximum Gasteiger partial charge on any atom is 0.305 e. The number of ketones is 1. The molecule has 19 heavy (non-hydrogen) atoms. The molecule has 0 bridgehead atoms. The van der Waals surface area contributed by atoms with E-state index in [-0.39, 0.29) is 24.6 Å². The molecule has 0 aliphatic carbocycles. The molecule has 100 valence electrons. The molecule has 0 radical (unpaired) electrons. The van der Waals surface area contributed by atoms with E-state index in [9.17, 15) is 9.59 Å². The van der Waals surface area contributed by atoms with Gasteiger partial charge in [0.15, 0.2) is 5.78 Å². The average Bonchev–Trinajstić information content (AvgIpc) is 3.07. The number of nitrogens with one attached hydrogen (secondary N) is 1. The molecule has 0 aliphatic rings. The molecule has 0 saturated carbocycles. The van der Waals surface area contributed by atoms with Crippen molar-refractivity contribution in [3.8, 4) is 0 Å². The van der Waals surface area contributed by atoms with E-state index in [4.69, 9.17) is 0 Å². The number of aromatic nitrogens is 2. The molecular formula is C13H14N2O3S. The largest absolute Gasteiger partial charge is 0.469 e. The van der Waals surface area contributed by atoms with E-state index in [0.29, 0.717) is 11.3 Å². The highest BCUT2D eigenvalue weighted by molar-refractivity contribution is 7.14. The number of Topliss-reactive ketones (excluding diaryl/α,β-unsaturated/α-hetero) is 1. The van der Waals surface area contributed by atoms with Gasteiger partial charge in [0.05, 0.1) is 18.4 Å². The standard InChI is InChI=1S/C13H14N2O3S/c1-18-13(17)5-3-10(16)11-4-2-9(19-11)8-12-14-6-7-15-12/h2,4,6-7H,3,5,8H2,1H3,(H,14,15). The van der Waals surface area contributed by atoms with E-state index in [1.54, 1.807) is 18.5 Å². The molecule has 0 spiro atoms. The summed E-state index contributed by atoms with van der Waals surface area (Å²) in [5.74, 6) is 0.484. The number of H-pyrrole nitrogens is 1. The van der Waals surface area contributed by atoms with Crippen LogP contribution in [-0.2, 0) is 16.0 Å². The van der Waals surface area contributed by atoms with Gasteiger partial charge in [-0.2, -0.15) is 0 Å². The summed E-state index contributed by atoms with van der Waals surface area (Å²) >= 11 is 1.44. The van der Waals surface area contributed by atoms with Crippen molar-refractivity contribution in [1.82, 2.24) is 9.97 Å². The molecule has 0 fully saturated rings. The van der Waals surface area contributed by atoms with Gasteiger partial charge in [-0.1, -0.05) is 0 Å². The fraction of sp³-hybridized carbons (Fsp3) is 0.308. The fourth-order valence-corrected chi connectivity index (χ4v) is 2.60. The molecule has 0 aromatic carbocycles. The van der Waals surface area contributed by atoms with Gasteiger partial charge < -0.3 is 9.72 Å². The van der Waals surface area contributed by atoms with Crippen LogP contribution in [0.4, 0.5) is 0 Å². The molecule has 2 rings (SSSR count). The zero-order valence-corrected chi connectivity index (χ0v) is 11.3. The summed E-state index contributed by atoms with van der Waals surface area (Å²) in [6.45, 7) is 0. The number of nitrogens with zero attached hydrogens (tertiary/aromatic N) is 1. The number of aromatic amines is 1. The Morgan fingerprint density at radius 2 is 2.21 bits per heavy atom. The number of thiophene rings is 1. The average molecular weight is 278 g/mol. The van der Waals surface area contributed by atoms with Crippen molar-refractivity contribution >= 4 is 23.1 Å². The molecule has 5 nitrogen and oxygen atoms in total. The van der Waals surface area contributed by atoms with E-state index in [1.165, 1.54) is 18.4 Å². The molecular weight excluding hydrogens is 264 g/mol. The maximum absolute atomic E-state index is 11.9. The van der Waals surface area contributed by atoms with Crippen LogP contribution < -0.4 is 0 Å². The van der Waals surface area contributed by atoms with Crippen molar-refractivity contribution < 1.29 is 14.3 Å². The van der Waals surface area contributed by atoms with Gasteiger partial charge in [-0.15, -0.1) is 11.3 Å². The summed E-state index contributed by atoms with van der Waals surface area (Å²) in [6, 6.07) is 3.71. The third kappa shape index (κ3) is 3.75. The van der Waals surface area contributed by atoms with Gasteiger partial charge >= 0.3 is 5.97 Å². The lowest BCUT2D eigenvalue weighted by atomic mass is 10.2. The highest BCUT2D eigenvalue weighted by Gasteiger charge is 2.12. The second-order valence-corrected chi connectivity index (χ2v) is 5.15. The van der Waals surface area contributed by atoms with Crippen LogP contribution in [0.1, 0.15) is 33.2 Å². The lowest BCUT2D eigenvalue weighted by Crippen LogP contribution is -2.04. The van der Waals surface area contributed by atoms with Crippen molar-refractivity contribution in [2.24, 2.45) is 0 Å². The highest BCUT2D eigenvalue weighted by atomic mass is 32.1. The topological polar surface area (TPSA) is 72.1 Å². The fourth-order valence-electron chi connectivity index (χ4n) is 1.62. The van der Waals surface area contributed by atoms with Crippen LogP contribution in [0.5, 0.6) is 0 Å². The number of carbonyl (C=O) groups is 2. The quantitative estimate of drug-likeness (QED) is 0.649. The SMILES string of the molecule is COC(=O)CCC(=O)c1ccc(Cc2ncc[nH]2)s1. The summed E-state index contributed by atoms with van der Waals surface area (Å²) in [4.78, 5) is 31.7. The Hall–Kier alpha value is -1.95. The highest BCUT2D eigenvalue weighted by Crippen LogP contribution is 2.20. The number of carbonyl (C=O) groups excluding carboxylic acids is 2. The van der Waals surface area contributed by atoms with Crippen LogP contribution >= 0.6 is 11.3 Å². The van der Waals surface area contributed by atoms with E-state index >= 15 is 0 Å². The van der Waals surface area contributed by atoms with Crippen molar-refractivity contribution in [1.29, 1.82) is 0 Å². The first-order valence-electron chi connectivity index (χ1n) is 5.86. The summed E-state index contributed by atoms with van der Waals surface area (Å²) in [7, 11) is 1.32. The minimum atomic E-state index is -0.360. The second-order valence-electron chi connectivity index (χ2n) is 3.98. The van der Waals surface area contributed by atoms with E-state index in [0.717, 1.165) is 10.7 Å². The predicted octanol–water partition coefficient (Wildman–Crippen LogP) is 2.20.